The molecule has 3 aromatic heterocycles. The third kappa shape index (κ3) is 3.69. The van der Waals surface area contributed by atoms with E-state index in [1.54, 1.807) is 0 Å². The predicted molar refractivity (Wildman–Crippen MR) is 191 cm³/mol. The molecule has 218 valence electrons. The smallest absolute Gasteiger partial charge is 0.159 e. The van der Waals surface area contributed by atoms with Crippen LogP contribution in [0.5, 0.6) is 0 Å². The summed E-state index contributed by atoms with van der Waals surface area (Å²) in [7, 11) is 0. The molecule has 0 N–H and O–H groups in total. The quantitative estimate of drug-likeness (QED) is 0.203. The number of hydrogen-bond acceptors (Lipinski definition) is 3. The van der Waals surface area contributed by atoms with E-state index in [0.29, 0.717) is 5.56 Å². The fourth-order valence-electron chi connectivity index (χ4n) is 7.34. The van der Waals surface area contributed by atoms with Crippen LogP contribution < -0.4 is 0 Å². The van der Waals surface area contributed by atoms with Crippen LogP contribution in [-0.2, 0) is 0 Å². The summed E-state index contributed by atoms with van der Waals surface area (Å²) in [5.74, 6) is 0. The number of furan rings is 2. The van der Waals surface area contributed by atoms with E-state index in [9.17, 15) is 5.26 Å². The van der Waals surface area contributed by atoms with Crippen LogP contribution in [-0.4, -0.2) is 4.57 Å². The number of aromatic nitrogens is 1. The molecule has 7 aromatic carbocycles. The first-order valence-electron chi connectivity index (χ1n) is 15.7. The number of hydrogen-bond donors (Lipinski definition) is 0. The Morgan fingerprint density at radius 3 is 2.11 bits per heavy atom. The second kappa shape index (κ2) is 9.71. The van der Waals surface area contributed by atoms with Gasteiger partial charge in [0, 0.05) is 37.9 Å². The highest BCUT2D eigenvalue weighted by Crippen LogP contribution is 2.45. The third-order valence-electron chi connectivity index (χ3n) is 9.44. The van der Waals surface area contributed by atoms with Crippen molar-refractivity contribution >= 4 is 65.7 Å². The maximum atomic E-state index is 9.67. The van der Waals surface area contributed by atoms with Gasteiger partial charge in [-0.2, -0.15) is 5.26 Å². The molecular formula is C43H24N2O2. The van der Waals surface area contributed by atoms with Gasteiger partial charge in [-0.15, -0.1) is 0 Å². The highest BCUT2D eigenvalue weighted by atomic mass is 16.3. The fraction of sp³-hybridized carbons (Fsp3) is 0. The molecule has 0 bridgehead atoms. The van der Waals surface area contributed by atoms with Gasteiger partial charge >= 0.3 is 0 Å². The van der Waals surface area contributed by atoms with Crippen molar-refractivity contribution < 1.29 is 8.83 Å². The highest BCUT2D eigenvalue weighted by molar-refractivity contribution is 6.19. The highest BCUT2D eigenvalue weighted by Gasteiger charge is 2.22. The number of fused-ring (bicyclic) bond motifs is 9. The minimum Gasteiger partial charge on any atom is -0.456 e. The molecule has 0 aliphatic heterocycles. The molecule has 0 spiro atoms. The molecule has 0 aliphatic carbocycles. The van der Waals surface area contributed by atoms with Gasteiger partial charge < -0.3 is 13.4 Å². The zero-order valence-corrected chi connectivity index (χ0v) is 25.1. The van der Waals surface area contributed by atoms with Crippen LogP contribution >= 0.6 is 0 Å². The summed E-state index contributed by atoms with van der Waals surface area (Å²) in [5.41, 5.74) is 11.4. The van der Waals surface area contributed by atoms with E-state index in [-0.39, 0.29) is 0 Å². The number of para-hydroxylation sites is 3. The Bertz CT molecular complexity index is 2920. The summed E-state index contributed by atoms with van der Waals surface area (Å²) in [4.78, 5) is 0. The monoisotopic (exact) mass is 600 g/mol. The van der Waals surface area contributed by atoms with Gasteiger partial charge in [0.2, 0.25) is 0 Å². The van der Waals surface area contributed by atoms with Crippen molar-refractivity contribution in [1.29, 1.82) is 5.26 Å². The molecule has 47 heavy (non-hydrogen) atoms. The summed E-state index contributed by atoms with van der Waals surface area (Å²) >= 11 is 0. The third-order valence-corrected chi connectivity index (χ3v) is 9.44. The van der Waals surface area contributed by atoms with Gasteiger partial charge in [0.1, 0.15) is 16.7 Å². The maximum absolute atomic E-state index is 9.67. The molecule has 3 heterocycles. The molecule has 4 nitrogen and oxygen atoms in total. The number of nitrogens with zero attached hydrogens (tertiary/aromatic N) is 2. The molecule has 10 rings (SSSR count). The van der Waals surface area contributed by atoms with E-state index >= 15 is 0 Å². The molecule has 0 radical (unpaired) electrons. The Hall–Kier alpha value is -6.57. The van der Waals surface area contributed by atoms with Gasteiger partial charge in [0.05, 0.1) is 28.4 Å². The molecule has 0 amide bonds. The fourth-order valence-corrected chi connectivity index (χ4v) is 7.34. The van der Waals surface area contributed by atoms with Crippen LogP contribution in [0.1, 0.15) is 5.56 Å². The van der Waals surface area contributed by atoms with Crippen LogP contribution in [0.4, 0.5) is 0 Å². The standard InChI is InChI=1S/C43H24N2O2/c44-25-26-17-22-37-35(23-26)31-11-4-6-14-36(31)45(37)38-15-8-13-34-41-29(20-21-30(43(41)47-42(34)38)27-9-2-1-3-10-27)28-18-19-33-32-12-5-7-16-39(32)46-40(33)24-28/h1-24H. The molecule has 10 aromatic rings. The van der Waals surface area contributed by atoms with Crippen molar-refractivity contribution in [3.05, 3.63) is 151 Å². The molecular weight excluding hydrogens is 576 g/mol. The molecule has 4 heteroatoms. The summed E-state index contributed by atoms with van der Waals surface area (Å²) in [5, 5.41) is 16.1. The Labute approximate surface area is 268 Å². The Morgan fingerprint density at radius 1 is 0.468 bits per heavy atom. The van der Waals surface area contributed by atoms with Crippen molar-refractivity contribution in [3.63, 3.8) is 0 Å². The van der Waals surface area contributed by atoms with Crippen molar-refractivity contribution in [2.45, 2.75) is 0 Å². The van der Waals surface area contributed by atoms with Gasteiger partial charge in [-0.25, -0.2) is 0 Å². The van der Waals surface area contributed by atoms with Crippen LogP contribution in [0.3, 0.4) is 0 Å². The normalized spacial score (nSPS) is 11.8. The van der Waals surface area contributed by atoms with E-state index in [1.165, 1.54) is 0 Å². The van der Waals surface area contributed by atoms with Crippen molar-refractivity contribution in [1.82, 2.24) is 4.57 Å². The first-order valence-corrected chi connectivity index (χ1v) is 15.7. The average molecular weight is 601 g/mol. The summed E-state index contributed by atoms with van der Waals surface area (Å²) in [6.07, 6.45) is 0. The lowest BCUT2D eigenvalue weighted by molar-refractivity contribution is 0.667. The summed E-state index contributed by atoms with van der Waals surface area (Å²) in [6.45, 7) is 0. The maximum Gasteiger partial charge on any atom is 0.159 e. The van der Waals surface area contributed by atoms with Crippen LogP contribution in [0, 0.1) is 11.3 Å². The molecule has 0 saturated carbocycles. The SMILES string of the molecule is N#Cc1ccc2c(c1)c1ccccc1n2-c1cccc2c1oc1c(-c3ccccc3)ccc(-c3ccc4c(c3)oc3ccccc34)c12. The zero-order chi connectivity index (χ0) is 31.1. The Morgan fingerprint density at radius 2 is 1.21 bits per heavy atom. The Kier molecular flexibility index (Phi) is 5.32. The lowest BCUT2D eigenvalue weighted by Gasteiger charge is -2.09. The van der Waals surface area contributed by atoms with Crippen LogP contribution in [0.2, 0.25) is 0 Å². The lowest BCUT2D eigenvalue weighted by Crippen LogP contribution is -1.94. The van der Waals surface area contributed by atoms with Crippen molar-refractivity contribution in [2.24, 2.45) is 0 Å². The molecule has 0 atom stereocenters. The summed E-state index contributed by atoms with van der Waals surface area (Å²) < 4.78 is 15.6. The van der Waals surface area contributed by atoms with E-state index < -0.39 is 0 Å². The van der Waals surface area contributed by atoms with Gasteiger partial charge in [0.25, 0.3) is 0 Å². The van der Waals surface area contributed by atoms with E-state index in [4.69, 9.17) is 8.83 Å². The van der Waals surface area contributed by atoms with E-state index in [2.05, 4.69) is 108 Å². The largest absolute Gasteiger partial charge is 0.456 e. The van der Waals surface area contributed by atoms with Crippen molar-refractivity contribution in [2.75, 3.05) is 0 Å². The first-order chi connectivity index (χ1) is 23.3. The number of rotatable bonds is 3. The van der Waals surface area contributed by atoms with E-state index in [1.807, 2.05) is 48.5 Å². The minimum atomic E-state index is 0.640. The van der Waals surface area contributed by atoms with Crippen molar-refractivity contribution in [3.8, 4) is 34.0 Å². The van der Waals surface area contributed by atoms with Gasteiger partial charge in [-0.05, 0) is 71.3 Å². The molecule has 0 fully saturated rings. The summed E-state index contributed by atoms with van der Waals surface area (Å²) in [6, 6.07) is 52.4. The van der Waals surface area contributed by atoms with E-state index in [0.717, 1.165) is 93.6 Å². The predicted octanol–water partition coefficient (Wildman–Crippen LogP) is 11.8. The van der Waals surface area contributed by atoms with Gasteiger partial charge in [-0.3, -0.25) is 0 Å². The average Bonchev–Trinajstić information content (AvgIpc) is 3.81. The second-order valence-electron chi connectivity index (χ2n) is 12.0. The molecule has 0 saturated heterocycles. The number of benzene rings is 7. The minimum absolute atomic E-state index is 0.640. The number of nitriles is 1. The first kappa shape index (κ1) is 25.7. The lowest BCUT2D eigenvalue weighted by atomic mass is 9.94. The van der Waals surface area contributed by atoms with Gasteiger partial charge in [0.15, 0.2) is 5.58 Å². The molecule has 0 aliphatic rings. The molecule has 0 unspecified atom stereocenters. The zero-order valence-electron chi connectivity index (χ0n) is 25.1. The topological polar surface area (TPSA) is 55.0 Å². The second-order valence-corrected chi connectivity index (χ2v) is 12.0. The van der Waals surface area contributed by atoms with Crippen LogP contribution in [0.15, 0.2) is 154 Å². The van der Waals surface area contributed by atoms with Gasteiger partial charge in [-0.1, -0.05) is 91.0 Å². The van der Waals surface area contributed by atoms with Crippen LogP contribution in [0.25, 0.3) is 93.6 Å². The Balaban J connectivity index is 1.30.